The lowest BCUT2D eigenvalue weighted by Crippen LogP contribution is -2.09. The molecule has 70 valence electrons. The molecule has 1 aromatic carbocycles. The first-order valence-electron chi connectivity index (χ1n) is 3.92. The van der Waals surface area contributed by atoms with Gasteiger partial charge in [-0.2, -0.15) is 0 Å². The highest BCUT2D eigenvalue weighted by Crippen LogP contribution is 2.19. The van der Waals surface area contributed by atoms with Gasteiger partial charge in [0, 0.05) is 18.2 Å². The predicted molar refractivity (Wildman–Crippen MR) is 47.0 cm³/mol. The first-order chi connectivity index (χ1) is 6.13. The lowest BCUT2D eigenvalue weighted by atomic mass is 10.3. The summed E-state index contributed by atoms with van der Waals surface area (Å²) in [7, 11) is 0. The van der Waals surface area contributed by atoms with E-state index in [0.717, 1.165) is 6.07 Å². The average molecular weight is 183 g/mol. The molecule has 1 aromatic rings. The Labute approximate surface area is 75.2 Å². The Balaban J connectivity index is 2.79. The minimum Gasteiger partial charge on any atom is -0.505 e. The number of rotatable bonds is 2. The molecule has 0 aliphatic heterocycles. The summed E-state index contributed by atoms with van der Waals surface area (Å²) in [6.07, 6.45) is 0.345. The van der Waals surface area contributed by atoms with E-state index in [4.69, 9.17) is 5.11 Å². The maximum absolute atomic E-state index is 12.6. The van der Waals surface area contributed by atoms with E-state index in [1.54, 1.807) is 6.92 Å². The van der Waals surface area contributed by atoms with Crippen molar-refractivity contribution in [3.05, 3.63) is 24.0 Å². The Morgan fingerprint density at radius 2 is 2.31 bits per heavy atom. The van der Waals surface area contributed by atoms with Gasteiger partial charge >= 0.3 is 0 Å². The van der Waals surface area contributed by atoms with E-state index in [2.05, 4.69) is 5.32 Å². The van der Waals surface area contributed by atoms with Gasteiger partial charge in [0.25, 0.3) is 0 Å². The monoisotopic (exact) mass is 183 g/mol. The molecule has 0 radical (unpaired) electrons. The zero-order valence-electron chi connectivity index (χ0n) is 7.17. The second-order valence-corrected chi connectivity index (χ2v) is 2.57. The Kier molecular flexibility index (Phi) is 2.84. The van der Waals surface area contributed by atoms with Gasteiger partial charge in [-0.1, -0.05) is 6.92 Å². The number of carbonyl (C=O) groups is 1. The first-order valence-corrected chi connectivity index (χ1v) is 3.92. The summed E-state index contributed by atoms with van der Waals surface area (Å²) < 4.78 is 12.6. The van der Waals surface area contributed by atoms with Crippen molar-refractivity contribution in [3.63, 3.8) is 0 Å². The predicted octanol–water partition coefficient (Wildman–Crippen LogP) is 1.88. The number of hydrogen-bond donors (Lipinski definition) is 2. The highest BCUT2D eigenvalue weighted by atomic mass is 19.1. The van der Waals surface area contributed by atoms with Crippen LogP contribution < -0.4 is 5.32 Å². The number of benzene rings is 1. The summed E-state index contributed by atoms with van der Waals surface area (Å²) in [6, 6.07) is 3.66. The molecule has 3 nitrogen and oxygen atoms in total. The van der Waals surface area contributed by atoms with Crippen LogP contribution in [0, 0.1) is 5.82 Å². The summed E-state index contributed by atoms with van der Waals surface area (Å²) in [5.74, 6) is -1.34. The van der Waals surface area contributed by atoms with Crippen molar-refractivity contribution >= 4 is 11.6 Å². The molecule has 0 aromatic heterocycles. The van der Waals surface area contributed by atoms with Gasteiger partial charge in [0.05, 0.1) is 0 Å². The van der Waals surface area contributed by atoms with Crippen LogP contribution in [0.4, 0.5) is 10.1 Å². The number of nitrogens with one attached hydrogen (secondary N) is 1. The third kappa shape index (κ3) is 2.43. The second-order valence-electron chi connectivity index (χ2n) is 2.57. The zero-order chi connectivity index (χ0) is 9.84. The first kappa shape index (κ1) is 9.51. The van der Waals surface area contributed by atoms with Crippen molar-refractivity contribution in [2.24, 2.45) is 0 Å². The Morgan fingerprint density at radius 3 is 2.85 bits per heavy atom. The molecular weight excluding hydrogens is 173 g/mol. The van der Waals surface area contributed by atoms with Crippen LogP contribution in [0.2, 0.25) is 0 Å². The van der Waals surface area contributed by atoms with Gasteiger partial charge in [0.15, 0.2) is 11.6 Å². The minimum absolute atomic E-state index is 0.175. The minimum atomic E-state index is -0.700. The van der Waals surface area contributed by atoms with E-state index < -0.39 is 11.6 Å². The molecule has 0 fully saturated rings. The van der Waals surface area contributed by atoms with Crippen LogP contribution >= 0.6 is 0 Å². The number of phenols is 1. The Bertz CT molecular complexity index is 325. The molecule has 2 N–H and O–H groups in total. The molecule has 0 aliphatic carbocycles. The molecule has 0 atom stereocenters. The summed E-state index contributed by atoms with van der Waals surface area (Å²) in [5.41, 5.74) is 0.394. The number of carbonyl (C=O) groups excluding carboxylic acids is 1. The third-order valence-electron chi connectivity index (χ3n) is 1.55. The lowest BCUT2D eigenvalue weighted by Gasteiger charge is -2.03. The van der Waals surface area contributed by atoms with Gasteiger partial charge in [-0.15, -0.1) is 0 Å². The molecule has 0 unspecified atom stereocenters. The van der Waals surface area contributed by atoms with Gasteiger partial charge in [0.2, 0.25) is 5.91 Å². The van der Waals surface area contributed by atoms with Crippen molar-refractivity contribution in [2.45, 2.75) is 13.3 Å². The molecule has 0 aliphatic rings. The number of amides is 1. The van der Waals surface area contributed by atoms with E-state index in [9.17, 15) is 9.18 Å². The van der Waals surface area contributed by atoms with Crippen molar-refractivity contribution < 1.29 is 14.3 Å². The van der Waals surface area contributed by atoms with Crippen LogP contribution in [0.3, 0.4) is 0 Å². The smallest absolute Gasteiger partial charge is 0.224 e. The van der Waals surface area contributed by atoms with Gasteiger partial charge in [-0.3, -0.25) is 4.79 Å². The van der Waals surface area contributed by atoms with E-state index >= 15 is 0 Å². The van der Waals surface area contributed by atoms with Gasteiger partial charge in [-0.25, -0.2) is 4.39 Å². The van der Waals surface area contributed by atoms with Crippen LogP contribution in [0.5, 0.6) is 5.75 Å². The molecule has 0 bridgehead atoms. The van der Waals surface area contributed by atoms with E-state index in [1.165, 1.54) is 12.1 Å². The van der Waals surface area contributed by atoms with Crippen LogP contribution in [-0.4, -0.2) is 11.0 Å². The SMILES string of the molecule is CCC(=O)Nc1ccc(F)c(O)c1. The topological polar surface area (TPSA) is 49.3 Å². The van der Waals surface area contributed by atoms with Crippen LogP contribution in [0.1, 0.15) is 13.3 Å². The average Bonchev–Trinajstić information content (AvgIpc) is 2.11. The third-order valence-corrected chi connectivity index (χ3v) is 1.55. The van der Waals surface area contributed by atoms with Crippen molar-refractivity contribution in [1.29, 1.82) is 0 Å². The summed E-state index contributed by atoms with van der Waals surface area (Å²) in [6.45, 7) is 1.71. The van der Waals surface area contributed by atoms with E-state index in [0.29, 0.717) is 12.1 Å². The van der Waals surface area contributed by atoms with E-state index in [1.807, 2.05) is 0 Å². The number of aromatic hydroxyl groups is 1. The number of hydrogen-bond acceptors (Lipinski definition) is 2. The summed E-state index contributed by atoms with van der Waals surface area (Å²) in [4.78, 5) is 10.9. The summed E-state index contributed by atoms with van der Waals surface area (Å²) >= 11 is 0. The fraction of sp³-hybridized carbons (Fsp3) is 0.222. The highest BCUT2D eigenvalue weighted by Gasteiger charge is 2.03. The largest absolute Gasteiger partial charge is 0.505 e. The number of anilines is 1. The number of halogens is 1. The molecule has 0 heterocycles. The van der Waals surface area contributed by atoms with Crippen molar-refractivity contribution in [2.75, 3.05) is 5.32 Å². The van der Waals surface area contributed by atoms with Crippen LogP contribution in [0.25, 0.3) is 0 Å². The molecule has 1 rings (SSSR count). The van der Waals surface area contributed by atoms with Crippen LogP contribution in [-0.2, 0) is 4.79 Å². The molecule has 0 saturated carbocycles. The Morgan fingerprint density at radius 1 is 1.62 bits per heavy atom. The lowest BCUT2D eigenvalue weighted by molar-refractivity contribution is -0.115. The maximum Gasteiger partial charge on any atom is 0.224 e. The van der Waals surface area contributed by atoms with Gasteiger partial charge in [-0.05, 0) is 12.1 Å². The normalized spacial score (nSPS) is 9.69. The summed E-state index contributed by atoms with van der Waals surface area (Å²) in [5, 5.41) is 11.5. The van der Waals surface area contributed by atoms with E-state index in [-0.39, 0.29) is 5.91 Å². The molecule has 4 heteroatoms. The Hall–Kier alpha value is -1.58. The van der Waals surface area contributed by atoms with Gasteiger partial charge in [0.1, 0.15) is 0 Å². The maximum atomic E-state index is 12.6. The quantitative estimate of drug-likeness (QED) is 0.735. The van der Waals surface area contributed by atoms with Crippen molar-refractivity contribution in [3.8, 4) is 5.75 Å². The molecule has 0 saturated heterocycles. The number of phenolic OH excluding ortho intramolecular Hbond substituents is 1. The van der Waals surface area contributed by atoms with Gasteiger partial charge < -0.3 is 10.4 Å². The van der Waals surface area contributed by atoms with Crippen LogP contribution in [0.15, 0.2) is 18.2 Å². The van der Waals surface area contributed by atoms with Crippen molar-refractivity contribution in [1.82, 2.24) is 0 Å². The zero-order valence-corrected chi connectivity index (χ0v) is 7.17. The molecule has 1 amide bonds. The molecular formula is C9H10FNO2. The standard InChI is InChI=1S/C9H10FNO2/c1-2-9(13)11-6-3-4-7(10)8(12)5-6/h3-5,12H,2H2,1H3,(H,11,13). The fourth-order valence-corrected chi connectivity index (χ4v) is 0.840. The molecule has 0 spiro atoms. The fourth-order valence-electron chi connectivity index (χ4n) is 0.840. The second kappa shape index (κ2) is 3.89. The molecule has 13 heavy (non-hydrogen) atoms. The highest BCUT2D eigenvalue weighted by molar-refractivity contribution is 5.90.